The molecule has 2 aromatic carbocycles. The number of aromatic nitrogens is 2. The molecular weight excluding hydrogens is 444 g/mol. The molecule has 0 aliphatic carbocycles. The second-order valence-electron chi connectivity index (χ2n) is 7.33. The van der Waals surface area contributed by atoms with E-state index in [0.29, 0.717) is 15.8 Å². The highest BCUT2D eigenvalue weighted by atomic mass is 35.5. The number of halogens is 1. The molecule has 0 radical (unpaired) electrons. The van der Waals surface area contributed by atoms with Crippen LogP contribution in [0, 0.1) is 19.3 Å². The van der Waals surface area contributed by atoms with E-state index in [1.165, 1.54) is 16.8 Å². The Morgan fingerprint density at radius 3 is 2.50 bits per heavy atom. The highest BCUT2D eigenvalue weighted by molar-refractivity contribution is 8.27. The molecule has 1 aromatic heterocycles. The normalized spacial score (nSPS) is 17.0. The van der Waals surface area contributed by atoms with Crippen LogP contribution in [0.5, 0.6) is 0 Å². The zero-order valence-electron chi connectivity index (χ0n) is 17.2. The molecule has 3 aromatic rings. The third kappa shape index (κ3) is 3.47. The van der Waals surface area contributed by atoms with E-state index in [4.69, 9.17) is 17.0 Å². The Morgan fingerprint density at radius 1 is 1.06 bits per heavy atom. The summed E-state index contributed by atoms with van der Waals surface area (Å²) in [5, 5.41) is 20.2. The fraction of sp³-hybridized carbons (Fsp3) is 0.0870. The summed E-state index contributed by atoms with van der Waals surface area (Å²) in [4.78, 5) is 16.9. The van der Waals surface area contributed by atoms with Gasteiger partial charge in [0.25, 0.3) is 5.91 Å². The van der Waals surface area contributed by atoms with Crippen molar-refractivity contribution in [2.75, 3.05) is 0 Å². The minimum Gasteiger partial charge on any atom is -0.282 e. The minimum atomic E-state index is -0.503. The maximum atomic E-state index is 12.8. The van der Waals surface area contributed by atoms with Gasteiger partial charge in [-0.3, -0.25) is 10.2 Å². The van der Waals surface area contributed by atoms with Crippen LogP contribution in [-0.4, -0.2) is 36.7 Å². The number of rotatable bonds is 3. The van der Waals surface area contributed by atoms with Crippen LogP contribution >= 0.6 is 23.4 Å². The third-order valence-electron chi connectivity index (χ3n) is 5.16. The van der Waals surface area contributed by atoms with Crippen molar-refractivity contribution in [2.24, 2.45) is 10.1 Å². The molecule has 5 rings (SSSR count). The van der Waals surface area contributed by atoms with Gasteiger partial charge in [0.05, 0.1) is 11.3 Å². The van der Waals surface area contributed by atoms with E-state index >= 15 is 0 Å². The van der Waals surface area contributed by atoms with Crippen LogP contribution in [0.15, 0.2) is 70.3 Å². The number of hydrogen-bond donors (Lipinski definition) is 1. The Labute approximate surface area is 193 Å². The van der Waals surface area contributed by atoms with Crippen LogP contribution < -0.4 is 0 Å². The lowest BCUT2D eigenvalue weighted by atomic mass is 10.1. The van der Waals surface area contributed by atoms with Gasteiger partial charge in [-0.15, -0.1) is 0 Å². The van der Waals surface area contributed by atoms with Crippen LogP contribution in [0.3, 0.4) is 0 Å². The molecule has 158 valence electrons. The van der Waals surface area contributed by atoms with E-state index in [-0.39, 0.29) is 16.6 Å². The summed E-state index contributed by atoms with van der Waals surface area (Å²) in [6.45, 7) is 3.88. The maximum absolute atomic E-state index is 12.8. The molecule has 0 unspecified atom stereocenters. The predicted molar refractivity (Wildman–Crippen MR) is 129 cm³/mol. The fourth-order valence-electron chi connectivity index (χ4n) is 3.41. The molecule has 1 amide bonds. The van der Waals surface area contributed by atoms with Gasteiger partial charge in [0.1, 0.15) is 5.04 Å². The van der Waals surface area contributed by atoms with E-state index in [1.54, 1.807) is 10.8 Å². The summed E-state index contributed by atoms with van der Waals surface area (Å²) in [7, 11) is 0. The second kappa shape index (κ2) is 7.89. The Morgan fingerprint density at radius 2 is 1.78 bits per heavy atom. The molecule has 0 fully saturated rings. The SMILES string of the molecule is Cc1ccc(C2=NN3C(=N)/C(=C/c4c(Cl)nn(-c5ccccc5)c4C)C(=O)N=C3S2)cc1. The number of thioether (sulfide) groups is 1. The lowest BCUT2D eigenvalue weighted by Gasteiger charge is -2.20. The van der Waals surface area contributed by atoms with Gasteiger partial charge in [0, 0.05) is 16.8 Å². The lowest BCUT2D eigenvalue weighted by molar-refractivity contribution is -0.114. The number of carbonyl (C=O) groups is 1. The van der Waals surface area contributed by atoms with E-state index < -0.39 is 5.91 Å². The van der Waals surface area contributed by atoms with Gasteiger partial charge < -0.3 is 0 Å². The van der Waals surface area contributed by atoms with E-state index in [1.807, 2.05) is 68.4 Å². The molecule has 0 saturated carbocycles. The van der Waals surface area contributed by atoms with Crippen molar-refractivity contribution in [1.82, 2.24) is 14.8 Å². The highest BCUT2D eigenvalue weighted by Crippen LogP contribution is 2.32. The van der Waals surface area contributed by atoms with E-state index in [2.05, 4.69) is 15.2 Å². The van der Waals surface area contributed by atoms with E-state index in [9.17, 15) is 4.79 Å². The second-order valence-corrected chi connectivity index (χ2v) is 8.64. The quantitative estimate of drug-likeness (QED) is 0.568. The molecular formula is C23H17ClN6OS. The Kier molecular flexibility index (Phi) is 5.03. The number of amidine groups is 2. The fourth-order valence-corrected chi connectivity index (χ4v) is 4.58. The molecule has 7 nitrogen and oxygen atoms in total. The first-order chi connectivity index (χ1) is 15.4. The third-order valence-corrected chi connectivity index (χ3v) is 6.40. The summed E-state index contributed by atoms with van der Waals surface area (Å²) < 4.78 is 1.71. The molecule has 32 heavy (non-hydrogen) atoms. The topological polar surface area (TPSA) is 86.7 Å². The van der Waals surface area contributed by atoms with E-state index in [0.717, 1.165) is 22.5 Å². The minimum absolute atomic E-state index is 0.0439. The number of benzene rings is 2. The first-order valence-electron chi connectivity index (χ1n) is 9.80. The van der Waals surface area contributed by atoms with Gasteiger partial charge in [-0.25, -0.2) is 4.68 Å². The lowest BCUT2D eigenvalue weighted by Crippen LogP contribution is -2.35. The van der Waals surface area contributed by atoms with Gasteiger partial charge in [-0.05, 0) is 43.8 Å². The van der Waals surface area contributed by atoms with Crippen molar-refractivity contribution < 1.29 is 4.79 Å². The van der Waals surface area contributed by atoms with Gasteiger partial charge in [-0.1, -0.05) is 59.6 Å². The molecule has 0 spiro atoms. The average molecular weight is 461 g/mol. The Hall–Kier alpha value is -3.49. The zero-order chi connectivity index (χ0) is 22.4. The van der Waals surface area contributed by atoms with Crippen LogP contribution in [0.4, 0.5) is 0 Å². The van der Waals surface area contributed by atoms with Crippen LogP contribution in [0.1, 0.15) is 22.4 Å². The zero-order valence-corrected chi connectivity index (χ0v) is 18.8. The van der Waals surface area contributed by atoms with Crippen LogP contribution in [0.25, 0.3) is 11.8 Å². The van der Waals surface area contributed by atoms with Crippen molar-refractivity contribution in [1.29, 1.82) is 5.41 Å². The summed E-state index contributed by atoms with van der Waals surface area (Å²) in [6.07, 6.45) is 1.57. The van der Waals surface area contributed by atoms with Gasteiger partial charge in [0.2, 0.25) is 5.17 Å². The maximum Gasteiger partial charge on any atom is 0.283 e. The number of hydrazone groups is 1. The Bertz CT molecular complexity index is 1360. The van der Waals surface area contributed by atoms with Gasteiger partial charge in [0.15, 0.2) is 11.0 Å². The summed E-state index contributed by atoms with van der Waals surface area (Å²) >= 11 is 7.67. The Balaban J connectivity index is 1.51. The smallest absolute Gasteiger partial charge is 0.282 e. The average Bonchev–Trinajstić information content (AvgIpc) is 3.33. The number of amides is 1. The number of hydrogen-bond acceptors (Lipinski definition) is 5. The molecule has 2 aliphatic rings. The van der Waals surface area contributed by atoms with Crippen LogP contribution in [0.2, 0.25) is 5.15 Å². The summed E-state index contributed by atoms with van der Waals surface area (Å²) in [5.41, 5.74) is 4.34. The van der Waals surface area contributed by atoms with Crippen molar-refractivity contribution in [3.05, 3.63) is 87.7 Å². The largest absolute Gasteiger partial charge is 0.283 e. The van der Waals surface area contributed by atoms with Crippen molar-refractivity contribution in [3.8, 4) is 5.69 Å². The monoisotopic (exact) mass is 460 g/mol. The number of aryl methyl sites for hydroxylation is 1. The number of nitrogens with one attached hydrogen (secondary N) is 1. The highest BCUT2D eigenvalue weighted by Gasteiger charge is 2.36. The molecule has 9 heteroatoms. The number of nitrogens with zero attached hydrogens (tertiary/aromatic N) is 5. The van der Waals surface area contributed by atoms with Gasteiger partial charge >= 0.3 is 0 Å². The molecule has 2 aliphatic heterocycles. The first-order valence-corrected chi connectivity index (χ1v) is 11.0. The number of aliphatic imine (C=N–C) groups is 1. The summed E-state index contributed by atoms with van der Waals surface area (Å²) in [5.74, 6) is -0.547. The number of para-hydroxylation sites is 1. The first kappa shape index (κ1) is 20.4. The predicted octanol–water partition coefficient (Wildman–Crippen LogP) is 4.81. The molecule has 0 atom stereocenters. The van der Waals surface area contributed by atoms with Crippen molar-refractivity contribution >= 4 is 51.4 Å². The molecule has 0 saturated heterocycles. The van der Waals surface area contributed by atoms with Crippen molar-refractivity contribution in [2.45, 2.75) is 13.8 Å². The molecule has 0 bridgehead atoms. The standard InChI is InChI=1S/C23H17ClN6OS/c1-13-8-10-15(11-9-13)22-28-30-20(25)18(21(31)26-23(30)32-22)12-17-14(2)29(27-19(17)24)16-6-4-3-5-7-16/h3-12,25H,1-2H3/b18-12-,25-20?. The number of fused-ring (bicyclic) bond motifs is 1. The number of carbonyl (C=O) groups excluding carboxylic acids is 1. The summed E-state index contributed by atoms with van der Waals surface area (Å²) in [6, 6.07) is 17.5. The molecule has 3 heterocycles. The van der Waals surface area contributed by atoms with Gasteiger partial charge in [-0.2, -0.15) is 20.2 Å². The van der Waals surface area contributed by atoms with Crippen molar-refractivity contribution in [3.63, 3.8) is 0 Å². The molecule has 1 N–H and O–H groups in total. The van der Waals surface area contributed by atoms with Crippen LogP contribution in [-0.2, 0) is 4.79 Å².